The molecule has 1 heterocycles. The molecule has 1 aliphatic rings. The molecule has 6 rings (SSSR count). The monoisotopic (exact) mass is 940 g/mol. The van der Waals surface area contributed by atoms with Gasteiger partial charge in [0.05, 0.1) is 45.8 Å². The van der Waals surface area contributed by atoms with Crippen molar-refractivity contribution in [3.8, 4) is 17.2 Å². The molecule has 1 atom stereocenters. The summed E-state index contributed by atoms with van der Waals surface area (Å²) in [4.78, 5) is 11.6. The predicted octanol–water partition coefficient (Wildman–Crippen LogP) is 6.35. The van der Waals surface area contributed by atoms with Crippen LogP contribution < -0.4 is 14.5 Å². The topological polar surface area (TPSA) is 349 Å². The summed E-state index contributed by atoms with van der Waals surface area (Å²) >= 11 is 0. The van der Waals surface area contributed by atoms with Crippen molar-refractivity contribution in [3.63, 3.8) is 0 Å². The van der Waals surface area contributed by atoms with Crippen LogP contribution >= 0.6 is 0 Å². The molecule has 0 saturated carbocycles. The Morgan fingerprint density at radius 3 is 1.80 bits per heavy atom. The minimum absolute atomic E-state index is 0.0125. The standard InChI is InChI=1S/C38H36N8O15S3/c1-20-15-33(63(54,55)56)21(2)14-28(20)40-41-29-18-32(61-13-11-48)30(19-31(29)60-12-10-47)42-44-36-34(64(57,58)59)17-23-16-24(4-9-27(23)37(36)49)39-43-35-22(3)45-46(38(35)50)25-5-7-26(8-6-25)62(51,52)53/h4-9,14-19,35,47-49H,10-13H2,1-3H3,(H,51,52,53)(H,54,55,56)(H,57,58,59)/b41-40+,43-39+,44-42+. The Hall–Kier alpha value is -6.65. The molecule has 0 aromatic heterocycles. The van der Waals surface area contributed by atoms with Crippen molar-refractivity contribution in [1.29, 1.82) is 0 Å². The number of rotatable bonds is 16. The van der Waals surface area contributed by atoms with Crippen LogP contribution in [0.1, 0.15) is 18.1 Å². The Morgan fingerprint density at radius 1 is 0.656 bits per heavy atom. The fourth-order valence-corrected chi connectivity index (χ4v) is 7.99. The van der Waals surface area contributed by atoms with Gasteiger partial charge in [0.1, 0.15) is 46.7 Å². The minimum Gasteiger partial charge on any atom is -0.505 e. The number of azo groups is 3. The number of anilines is 1. The van der Waals surface area contributed by atoms with Crippen LogP contribution in [0.15, 0.2) is 123 Å². The van der Waals surface area contributed by atoms with Crippen LogP contribution in [0.3, 0.4) is 0 Å². The number of phenolic OH excluding ortho intramolecular Hbond substituents is 1. The number of hydrogen-bond acceptors (Lipinski definition) is 19. The van der Waals surface area contributed by atoms with E-state index < -0.39 is 76.7 Å². The first-order chi connectivity index (χ1) is 30.1. The van der Waals surface area contributed by atoms with E-state index in [0.717, 1.165) is 23.2 Å². The van der Waals surface area contributed by atoms with E-state index in [-0.39, 0.29) is 80.1 Å². The Balaban J connectivity index is 1.34. The first-order valence-electron chi connectivity index (χ1n) is 18.3. The zero-order valence-corrected chi connectivity index (χ0v) is 35.9. The third kappa shape index (κ3) is 10.4. The molecule has 0 bridgehead atoms. The van der Waals surface area contributed by atoms with Gasteiger partial charge in [-0.25, -0.2) is 0 Å². The van der Waals surface area contributed by atoms with Gasteiger partial charge in [-0.15, -0.1) is 15.3 Å². The van der Waals surface area contributed by atoms with E-state index >= 15 is 0 Å². The van der Waals surface area contributed by atoms with Gasteiger partial charge in [-0.3, -0.25) is 18.5 Å². The molecule has 0 spiro atoms. The van der Waals surface area contributed by atoms with E-state index in [1.165, 1.54) is 75.4 Å². The summed E-state index contributed by atoms with van der Waals surface area (Å²) in [5.74, 6) is -1.56. The molecule has 26 heteroatoms. The first-order valence-corrected chi connectivity index (χ1v) is 22.6. The number of benzene rings is 5. The number of hydrogen-bond donors (Lipinski definition) is 6. The van der Waals surface area contributed by atoms with Crippen LogP contribution in [0, 0.1) is 13.8 Å². The van der Waals surface area contributed by atoms with E-state index in [2.05, 4.69) is 35.8 Å². The highest BCUT2D eigenvalue weighted by Crippen LogP contribution is 2.45. The van der Waals surface area contributed by atoms with Crippen LogP contribution in [0.4, 0.5) is 34.1 Å². The third-order valence-electron chi connectivity index (χ3n) is 9.11. The largest absolute Gasteiger partial charge is 0.505 e. The zero-order valence-electron chi connectivity index (χ0n) is 33.5. The molecule has 336 valence electrons. The van der Waals surface area contributed by atoms with Crippen LogP contribution in [0.25, 0.3) is 10.8 Å². The summed E-state index contributed by atoms with van der Waals surface area (Å²) in [6.45, 7) is 3.04. The van der Waals surface area contributed by atoms with E-state index in [0.29, 0.717) is 5.56 Å². The Kier molecular flexibility index (Phi) is 13.6. The predicted molar refractivity (Wildman–Crippen MR) is 226 cm³/mol. The lowest BCUT2D eigenvalue weighted by Gasteiger charge is -2.13. The summed E-state index contributed by atoms with van der Waals surface area (Å²) in [5.41, 5.74) is 0.326. The second-order valence-electron chi connectivity index (χ2n) is 13.6. The maximum absolute atomic E-state index is 13.2. The number of hydrazone groups is 1. The Labute approximate surface area is 364 Å². The number of aromatic hydroxyl groups is 1. The van der Waals surface area contributed by atoms with E-state index in [4.69, 9.17) is 9.47 Å². The van der Waals surface area contributed by atoms with Crippen molar-refractivity contribution in [1.82, 2.24) is 0 Å². The number of carbonyl (C=O) groups excluding carboxylic acids is 1. The molecule has 1 aliphatic heterocycles. The number of amides is 1. The van der Waals surface area contributed by atoms with Gasteiger partial charge < -0.3 is 24.8 Å². The van der Waals surface area contributed by atoms with Gasteiger partial charge >= 0.3 is 0 Å². The third-order valence-corrected chi connectivity index (χ3v) is 11.8. The molecule has 1 amide bonds. The van der Waals surface area contributed by atoms with Crippen LogP contribution in [0.5, 0.6) is 17.2 Å². The smallest absolute Gasteiger partial charge is 0.296 e. The highest BCUT2D eigenvalue weighted by Gasteiger charge is 2.35. The molecule has 6 N–H and O–H groups in total. The summed E-state index contributed by atoms with van der Waals surface area (Å²) in [7, 11) is -14.1. The SMILES string of the molecule is CC1=NN(c2ccc(S(=O)(=O)O)cc2)C(=O)C1/N=N/c1ccc2c(O)c(/N=N/c3cc(OCCO)c(/N=N/c4cc(C)c(S(=O)(=O)O)cc4C)cc3OCCO)c(S(=O)(=O)O)cc2c1. The van der Waals surface area contributed by atoms with Crippen LogP contribution in [-0.2, 0) is 35.1 Å². The molecule has 0 saturated heterocycles. The van der Waals surface area contributed by atoms with Gasteiger partial charge in [0.15, 0.2) is 11.8 Å². The molecular weight excluding hydrogens is 905 g/mol. The lowest BCUT2D eigenvalue weighted by Crippen LogP contribution is -2.29. The molecule has 0 fully saturated rings. The summed E-state index contributed by atoms with van der Waals surface area (Å²) < 4.78 is 112. The van der Waals surface area contributed by atoms with Crippen LogP contribution in [0.2, 0.25) is 0 Å². The maximum Gasteiger partial charge on any atom is 0.296 e. The molecule has 0 radical (unpaired) electrons. The average Bonchev–Trinajstić information content (AvgIpc) is 3.51. The van der Waals surface area contributed by atoms with Crippen molar-refractivity contribution in [2.75, 3.05) is 31.4 Å². The normalized spacial score (nSPS) is 15.0. The molecule has 64 heavy (non-hydrogen) atoms. The fourth-order valence-electron chi connectivity index (χ4n) is 6.06. The van der Waals surface area contributed by atoms with Gasteiger partial charge in [-0.05, 0) is 97.9 Å². The first kappa shape index (κ1) is 46.8. The summed E-state index contributed by atoms with van der Waals surface area (Å²) in [5, 5.41) is 60.2. The molecular formula is C38H36N8O15S3. The maximum atomic E-state index is 13.2. The van der Waals surface area contributed by atoms with Crippen molar-refractivity contribution in [2.45, 2.75) is 41.5 Å². The van der Waals surface area contributed by atoms with Gasteiger partial charge in [0, 0.05) is 17.5 Å². The lowest BCUT2D eigenvalue weighted by atomic mass is 10.1. The van der Waals surface area contributed by atoms with Crippen molar-refractivity contribution in [3.05, 3.63) is 83.9 Å². The fraction of sp³-hybridized carbons (Fsp3) is 0.211. The number of nitrogens with zero attached hydrogens (tertiary/aromatic N) is 8. The van der Waals surface area contributed by atoms with E-state index in [1.54, 1.807) is 0 Å². The number of carbonyl (C=O) groups is 1. The van der Waals surface area contributed by atoms with Gasteiger partial charge in [-0.2, -0.15) is 50.7 Å². The van der Waals surface area contributed by atoms with Gasteiger partial charge in [-0.1, -0.05) is 0 Å². The van der Waals surface area contributed by atoms with Crippen molar-refractivity contribution in [2.24, 2.45) is 35.8 Å². The Bertz CT molecular complexity index is 3140. The molecule has 1 unspecified atom stereocenters. The summed E-state index contributed by atoms with van der Waals surface area (Å²) in [6.07, 6.45) is 0. The van der Waals surface area contributed by atoms with Crippen molar-refractivity contribution >= 4 is 86.9 Å². The second-order valence-corrected chi connectivity index (χ2v) is 17.8. The van der Waals surface area contributed by atoms with Gasteiger partial charge in [0.2, 0.25) is 0 Å². The molecule has 23 nitrogen and oxygen atoms in total. The zero-order chi connectivity index (χ0) is 46.7. The number of fused-ring (bicyclic) bond motifs is 1. The Morgan fingerprint density at radius 2 is 1.23 bits per heavy atom. The number of aryl methyl sites for hydroxylation is 2. The number of phenols is 1. The van der Waals surface area contributed by atoms with Crippen LogP contribution in [-0.4, -0.2) is 98.3 Å². The second kappa shape index (κ2) is 18.6. The average molecular weight is 941 g/mol. The quantitative estimate of drug-likeness (QED) is 0.0463. The number of aliphatic hydroxyl groups is 2. The van der Waals surface area contributed by atoms with E-state index in [9.17, 15) is 59.0 Å². The summed E-state index contributed by atoms with van der Waals surface area (Å²) in [6, 6.07) is 13.6. The van der Waals surface area contributed by atoms with E-state index in [1.807, 2.05) is 0 Å². The van der Waals surface area contributed by atoms with Gasteiger partial charge in [0.25, 0.3) is 36.3 Å². The highest BCUT2D eigenvalue weighted by atomic mass is 32.2. The minimum atomic E-state index is -5.12. The molecule has 0 aliphatic carbocycles. The number of aliphatic hydroxyl groups excluding tert-OH is 2. The molecule has 5 aromatic carbocycles. The molecule has 5 aromatic rings. The van der Waals surface area contributed by atoms with Crippen molar-refractivity contribution < 1.29 is 68.5 Å². The lowest BCUT2D eigenvalue weighted by molar-refractivity contribution is -0.117. The highest BCUT2D eigenvalue weighted by molar-refractivity contribution is 7.86. The number of ether oxygens (including phenoxy) is 2.